The number of benzene rings is 1. The molecule has 0 spiro atoms. The quantitative estimate of drug-likeness (QED) is 0.693. The lowest BCUT2D eigenvalue weighted by Gasteiger charge is -2.06. The Morgan fingerprint density at radius 1 is 1.24 bits per heavy atom. The molecule has 1 aromatic carbocycles. The van der Waals surface area contributed by atoms with Gasteiger partial charge in [0, 0.05) is 39.0 Å². The monoisotopic (exact) mass is 360 g/mol. The van der Waals surface area contributed by atoms with Crippen molar-refractivity contribution in [2.45, 2.75) is 32.0 Å². The first kappa shape index (κ1) is 13.6. The van der Waals surface area contributed by atoms with E-state index in [0.29, 0.717) is 0 Å². The molecule has 1 saturated carbocycles. The van der Waals surface area contributed by atoms with Gasteiger partial charge in [-0.2, -0.15) is 0 Å². The number of hydrogen-bond acceptors (Lipinski definition) is 2. The summed E-state index contributed by atoms with van der Waals surface area (Å²) in [6, 6.07) is 12.0. The maximum atomic E-state index is 3.58. The second kappa shape index (κ2) is 5.59. The lowest BCUT2D eigenvalue weighted by atomic mass is 10.1. The molecule has 2 heterocycles. The highest BCUT2D eigenvalue weighted by Gasteiger charge is 2.19. The number of fused-ring (bicyclic) bond motifs is 1. The van der Waals surface area contributed by atoms with Gasteiger partial charge in [-0.3, -0.25) is 0 Å². The van der Waals surface area contributed by atoms with Crippen LogP contribution >= 0.6 is 27.3 Å². The van der Waals surface area contributed by atoms with Gasteiger partial charge in [-0.25, -0.2) is 0 Å². The van der Waals surface area contributed by atoms with Crippen LogP contribution in [0.25, 0.3) is 10.9 Å². The van der Waals surface area contributed by atoms with Gasteiger partial charge >= 0.3 is 0 Å². The van der Waals surface area contributed by atoms with E-state index in [4.69, 9.17) is 0 Å². The topological polar surface area (TPSA) is 17.0 Å². The average Bonchev–Trinajstić information content (AvgIpc) is 3.11. The minimum atomic E-state index is 0.766. The molecule has 2 aromatic heterocycles. The van der Waals surface area contributed by atoms with Crippen LogP contribution in [0.3, 0.4) is 0 Å². The third-order valence-electron chi connectivity index (χ3n) is 3.96. The summed E-state index contributed by atoms with van der Waals surface area (Å²) in [7, 11) is 0. The summed E-state index contributed by atoms with van der Waals surface area (Å²) in [6.07, 6.45) is 4.88. The van der Waals surface area contributed by atoms with E-state index in [0.717, 1.165) is 19.1 Å². The van der Waals surface area contributed by atoms with Crippen LogP contribution in [0.5, 0.6) is 0 Å². The van der Waals surface area contributed by atoms with Gasteiger partial charge < -0.3 is 9.88 Å². The van der Waals surface area contributed by atoms with Crippen molar-refractivity contribution in [2.24, 2.45) is 0 Å². The van der Waals surface area contributed by atoms with E-state index in [1.807, 2.05) is 0 Å². The maximum Gasteiger partial charge on any atom is 0.0569 e. The Bertz CT molecular complexity index is 770. The van der Waals surface area contributed by atoms with Crippen molar-refractivity contribution in [1.82, 2.24) is 9.88 Å². The number of halogens is 1. The zero-order valence-electron chi connectivity index (χ0n) is 11.7. The zero-order chi connectivity index (χ0) is 14.2. The van der Waals surface area contributed by atoms with Crippen LogP contribution in [0.4, 0.5) is 0 Å². The molecular formula is C17H17BrN2S. The lowest BCUT2D eigenvalue weighted by Crippen LogP contribution is -2.15. The Labute approximate surface area is 136 Å². The Hall–Kier alpha value is -1.10. The highest BCUT2D eigenvalue weighted by molar-refractivity contribution is 9.10. The average molecular weight is 361 g/mol. The van der Waals surface area contributed by atoms with Gasteiger partial charge in [0.15, 0.2) is 0 Å². The highest BCUT2D eigenvalue weighted by atomic mass is 79.9. The molecule has 0 saturated heterocycles. The molecule has 0 unspecified atom stereocenters. The summed E-state index contributed by atoms with van der Waals surface area (Å²) < 4.78 is 3.50. The van der Waals surface area contributed by atoms with Crippen molar-refractivity contribution in [2.75, 3.05) is 0 Å². The van der Waals surface area contributed by atoms with E-state index < -0.39 is 0 Å². The van der Waals surface area contributed by atoms with Crippen molar-refractivity contribution in [3.8, 4) is 0 Å². The molecule has 1 aliphatic carbocycles. The molecule has 4 heteroatoms. The molecule has 1 N–H and O–H groups in total. The molecule has 1 aliphatic rings. The van der Waals surface area contributed by atoms with Gasteiger partial charge in [-0.05, 0) is 64.0 Å². The van der Waals surface area contributed by atoms with Crippen LogP contribution in [0.15, 0.2) is 46.4 Å². The van der Waals surface area contributed by atoms with Gasteiger partial charge in [-0.15, -0.1) is 11.3 Å². The van der Waals surface area contributed by atoms with E-state index in [2.05, 4.69) is 67.7 Å². The SMILES string of the molecule is Brc1csc(Cn2ccc3cc(CNC4CC4)ccc32)c1. The predicted octanol–water partition coefficient (Wildman–Crippen LogP) is 4.77. The van der Waals surface area contributed by atoms with Crippen LogP contribution in [-0.2, 0) is 13.1 Å². The van der Waals surface area contributed by atoms with Gasteiger partial charge in [0.1, 0.15) is 0 Å². The van der Waals surface area contributed by atoms with Crippen LogP contribution in [0, 0.1) is 0 Å². The predicted molar refractivity (Wildman–Crippen MR) is 92.9 cm³/mol. The molecular weight excluding hydrogens is 344 g/mol. The summed E-state index contributed by atoms with van der Waals surface area (Å²) >= 11 is 5.32. The van der Waals surface area contributed by atoms with Crippen molar-refractivity contribution in [1.29, 1.82) is 0 Å². The van der Waals surface area contributed by atoms with Crippen molar-refractivity contribution in [3.05, 3.63) is 56.8 Å². The minimum Gasteiger partial charge on any atom is -0.342 e. The Morgan fingerprint density at radius 3 is 2.90 bits per heavy atom. The van der Waals surface area contributed by atoms with Gasteiger partial charge in [0.05, 0.1) is 6.54 Å². The number of aromatic nitrogens is 1. The third kappa shape index (κ3) is 3.07. The second-order valence-corrected chi connectivity index (χ2v) is 7.63. The summed E-state index contributed by atoms with van der Waals surface area (Å²) in [5, 5.41) is 7.05. The van der Waals surface area contributed by atoms with E-state index >= 15 is 0 Å². The fraction of sp³-hybridized carbons (Fsp3) is 0.294. The number of nitrogens with one attached hydrogen (secondary N) is 1. The molecule has 2 nitrogen and oxygen atoms in total. The Balaban J connectivity index is 1.56. The molecule has 1 fully saturated rings. The van der Waals surface area contributed by atoms with Crippen LogP contribution in [0.2, 0.25) is 0 Å². The van der Waals surface area contributed by atoms with E-state index in [9.17, 15) is 0 Å². The maximum absolute atomic E-state index is 3.58. The molecule has 21 heavy (non-hydrogen) atoms. The molecule has 0 bridgehead atoms. The lowest BCUT2D eigenvalue weighted by molar-refractivity contribution is 0.688. The standard InChI is InChI=1S/C17H17BrN2S/c18-14-8-16(21-11-14)10-20-6-5-13-7-12(1-4-17(13)20)9-19-15-2-3-15/h1,4-8,11,15,19H,2-3,9-10H2. The van der Waals surface area contributed by atoms with E-state index in [1.54, 1.807) is 11.3 Å². The first-order valence-corrected chi connectivity index (χ1v) is 8.99. The molecule has 3 aromatic rings. The van der Waals surface area contributed by atoms with E-state index in [1.165, 1.54) is 38.7 Å². The summed E-state index contributed by atoms with van der Waals surface area (Å²) in [6.45, 7) is 1.93. The molecule has 108 valence electrons. The fourth-order valence-electron chi connectivity index (χ4n) is 2.65. The Morgan fingerprint density at radius 2 is 2.14 bits per heavy atom. The number of hydrogen-bond donors (Lipinski definition) is 1. The number of nitrogens with zero attached hydrogens (tertiary/aromatic N) is 1. The van der Waals surface area contributed by atoms with Gasteiger partial charge in [0.25, 0.3) is 0 Å². The van der Waals surface area contributed by atoms with Crippen LogP contribution in [-0.4, -0.2) is 10.6 Å². The summed E-state index contributed by atoms with van der Waals surface area (Å²) in [5.41, 5.74) is 2.70. The van der Waals surface area contributed by atoms with Crippen LogP contribution in [0.1, 0.15) is 23.3 Å². The highest BCUT2D eigenvalue weighted by Crippen LogP contribution is 2.24. The van der Waals surface area contributed by atoms with Crippen molar-refractivity contribution < 1.29 is 0 Å². The second-order valence-electron chi connectivity index (χ2n) is 5.72. The molecule has 4 rings (SSSR count). The normalized spacial score (nSPS) is 14.9. The third-order valence-corrected chi connectivity index (χ3v) is 5.64. The summed E-state index contributed by atoms with van der Waals surface area (Å²) in [5.74, 6) is 0. The van der Waals surface area contributed by atoms with Gasteiger partial charge in [0.2, 0.25) is 0 Å². The summed E-state index contributed by atoms with van der Waals surface area (Å²) in [4.78, 5) is 1.37. The largest absolute Gasteiger partial charge is 0.342 e. The van der Waals surface area contributed by atoms with E-state index in [-0.39, 0.29) is 0 Å². The number of rotatable bonds is 5. The van der Waals surface area contributed by atoms with Crippen molar-refractivity contribution in [3.63, 3.8) is 0 Å². The first-order chi connectivity index (χ1) is 10.3. The zero-order valence-corrected chi connectivity index (χ0v) is 14.1. The molecule has 0 atom stereocenters. The first-order valence-electron chi connectivity index (χ1n) is 7.32. The minimum absolute atomic E-state index is 0.766. The molecule has 0 amide bonds. The van der Waals surface area contributed by atoms with Crippen molar-refractivity contribution >= 4 is 38.2 Å². The van der Waals surface area contributed by atoms with Gasteiger partial charge in [-0.1, -0.05) is 6.07 Å². The number of thiophene rings is 1. The smallest absolute Gasteiger partial charge is 0.0569 e. The molecule has 0 radical (unpaired) electrons. The molecule has 0 aliphatic heterocycles. The Kier molecular flexibility index (Phi) is 3.61. The fourth-order valence-corrected chi connectivity index (χ4v) is 4.10. The van der Waals surface area contributed by atoms with Crippen LogP contribution < -0.4 is 5.32 Å².